The highest BCUT2D eigenvalue weighted by Crippen LogP contribution is 2.18. The summed E-state index contributed by atoms with van der Waals surface area (Å²) in [5.74, 6) is 0. The van der Waals surface area contributed by atoms with Crippen molar-refractivity contribution < 1.29 is 17.9 Å². The van der Waals surface area contributed by atoms with Crippen LogP contribution in [0.15, 0.2) is 53.4 Å². The summed E-state index contributed by atoms with van der Waals surface area (Å²) in [6.45, 7) is 1.75. The van der Waals surface area contributed by atoms with Crippen molar-refractivity contribution in [3.8, 4) is 0 Å². The molecule has 3 N–H and O–H groups in total. The zero-order valence-corrected chi connectivity index (χ0v) is 12.8. The fourth-order valence-electron chi connectivity index (χ4n) is 1.92. The van der Waals surface area contributed by atoms with Crippen molar-refractivity contribution in [2.45, 2.75) is 18.4 Å². The summed E-state index contributed by atoms with van der Waals surface area (Å²) >= 11 is 0. The van der Waals surface area contributed by atoms with Gasteiger partial charge >= 0.3 is 6.09 Å². The van der Waals surface area contributed by atoms with Crippen LogP contribution in [-0.2, 0) is 21.4 Å². The highest BCUT2D eigenvalue weighted by atomic mass is 32.2. The number of nitrogens with one attached hydrogen (secondary N) is 1. The molecule has 2 aromatic carbocycles. The third kappa shape index (κ3) is 4.31. The number of primary sulfonamides is 1. The Morgan fingerprint density at radius 3 is 2.45 bits per heavy atom. The van der Waals surface area contributed by atoms with E-state index in [1.165, 1.54) is 18.2 Å². The van der Waals surface area contributed by atoms with Gasteiger partial charge in [-0.3, -0.25) is 5.32 Å². The van der Waals surface area contributed by atoms with Crippen LogP contribution in [0.25, 0.3) is 0 Å². The third-order valence-electron chi connectivity index (χ3n) is 2.94. The second kappa shape index (κ2) is 6.59. The molecular formula is C15H16N2O4S. The van der Waals surface area contributed by atoms with Crippen LogP contribution in [0.2, 0.25) is 0 Å². The van der Waals surface area contributed by atoms with Crippen molar-refractivity contribution in [2.75, 3.05) is 5.32 Å². The van der Waals surface area contributed by atoms with E-state index in [4.69, 9.17) is 9.88 Å². The fourth-order valence-corrected chi connectivity index (χ4v) is 2.69. The van der Waals surface area contributed by atoms with Crippen LogP contribution < -0.4 is 10.5 Å². The Morgan fingerprint density at radius 1 is 1.18 bits per heavy atom. The Bertz CT molecular complexity index is 773. The number of nitrogens with two attached hydrogens (primary N) is 1. The Kier molecular flexibility index (Phi) is 4.79. The summed E-state index contributed by atoms with van der Waals surface area (Å²) in [7, 11) is -3.77. The number of ether oxygens (including phenoxy) is 1. The number of aryl methyl sites for hydroxylation is 1. The molecule has 1 amide bonds. The molecule has 0 atom stereocenters. The van der Waals surface area contributed by atoms with Crippen molar-refractivity contribution in [1.29, 1.82) is 0 Å². The van der Waals surface area contributed by atoms with Crippen LogP contribution in [0.1, 0.15) is 11.1 Å². The number of sulfonamides is 1. The zero-order valence-electron chi connectivity index (χ0n) is 11.9. The Morgan fingerprint density at radius 2 is 1.86 bits per heavy atom. The minimum absolute atomic E-state index is 0.0238. The average molecular weight is 320 g/mol. The lowest BCUT2D eigenvalue weighted by Crippen LogP contribution is -2.16. The van der Waals surface area contributed by atoms with Gasteiger partial charge in [0.2, 0.25) is 10.0 Å². The molecular weight excluding hydrogens is 304 g/mol. The number of hydrogen-bond donors (Lipinski definition) is 2. The van der Waals surface area contributed by atoms with Gasteiger partial charge in [0.25, 0.3) is 0 Å². The molecule has 22 heavy (non-hydrogen) atoms. The highest BCUT2D eigenvalue weighted by molar-refractivity contribution is 7.89. The van der Waals surface area contributed by atoms with E-state index in [-0.39, 0.29) is 11.5 Å². The molecule has 0 unspecified atom stereocenters. The van der Waals surface area contributed by atoms with E-state index in [1.807, 2.05) is 30.3 Å². The number of benzene rings is 2. The van der Waals surface area contributed by atoms with Gasteiger partial charge in [-0.25, -0.2) is 18.4 Å². The van der Waals surface area contributed by atoms with Crippen molar-refractivity contribution in [3.63, 3.8) is 0 Å². The molecule has 0 aliphatic rings. The molecule has 116 valence electrons. The summed E-state index contributed by atoms with van der Waals surface area (Å²) in [5, 5.41) is 7.62. The van der Waals surface area contributed by atoms with Gasteiger partial charge in [-0.15, -0.1) is 0 Å². The number of carbonyl (C=O) groups is 1. The molecule has 7 heteroatoms. The van der Waals surface area contributed by atoms with Gasteiger partial charge in [0.15, 0.2) is 0 Å². The monoisotopic (exact) mass is 320 g/mol. The van der Waals surface area contributed by atoms with Gasteiger partial charge in [0, 0.05) is 5.69 Å². The standard InChI is InChI=1S/C15H16N2O4S/c1-11-9-13(7-8-14(11)22(16,19)20)17-15(18)21-10-12-5-3-2-4-6-12/h2-9H,10H2,1H3,(H,17,18)(H2,16,19,20). The van der Waals surface area contributed by atoms with Crippen molar-refractivity contribution in [1.82, 2.24) is 0 Å². The minimum atomic E-state index is -3.77. The average Bonchev–Trinajstić information content (AvgIpc) is 2.45. The van der Waals surface area contributed by atoms with Crippen LogP contribution in [-0.4, -0.2) is 14.5 Å². The maximum Gasteiger partial charge on any atom is 0.411 e. The highest BCUT2D eigenvalue weighted by Gasteiger charge is 2.12. The van der Waals surface area contributed by atoms with Gasteiger partial charge in [-0.1, -0.05) is 30.3 Å². The van der Waals surface area contributed by atoms with Gasteiger partial charge in [-0.2, -0.15) is 0 Å². The predicted molar refractivity (Wildman–Crippen MR) is 82.8 cm³/mol. The summed E-state index contributed by atoms with van der Waals surface area (Å²) in [6, 6.07) is 13.6. The first-order chi connectivity index (χ1) is 10.4. The van der Waals surface area contributed by atoms with E-state index in [9.17, 15) is 13.2 Å². The zero-order chi connectivity index (χ0) is 16.2. The molecule has 0 spiro atoms. The van der Waals surface area contributed by atoms with Crippen molar-refractivity contribution in [3.05, 3.63) is 59.7 Å². The van der Waals surface area contributed by atoms with Gasteiger partial charge in [-0.05, 0) is 36.2 Å². The van der Waals surface area contributed by atoms with E-state index < -0.39 is 16.1 Å². The van der Waals surface area contributed by atoms with Crippen LogP contribution >= 0.6 is 0 Å². The number of amides is 1. The SMILES string of the molecule is Cc1cc(NC(=O)OCc2ccccc2)ccc1S(N)(=O)=O. The van der Waals surface area contributed by atoms with E-state index >= 15 is 0 Å². The number of carbonyl (C=O) groups excluding carboxylic acids is 1. The van der Waals surface area contributed by atoms with E-state index in [0.29, 0.717) is 11.3 Å². The van der Waals surface area contributed by atoms with Crippen molar-refractivity contribution in [2.24, 2.45) is 5.14 Å². The molecule has 0 aliphatic heterocycles. The van der Waals surface area contributed by atoms with E-state index in [2.05, 4.69) is 5.32 Å². The molecule has 0 saturated heterocycles. The molecule has 0 radical (unpaired) electrons. The smallest absolute Gasteiger partial charge is 0.411 e. The fraction of sp³-hybridized carbons (Fsp3) is 0.133. The molecule has 6 nitrogen and oxygen atoms in total. The normalized spacial score (nSPS) is 11.0. The molecule has 0 heterocycles. The Hall–Kier alpha value is -2.38. The molecule has 0 aliphatic carbocycles. The third-order valence-corrected chi connectivity index (χ3v) is 4.01. The summed E-state index contributed by atoms with van der Waals surface area (Å²) in [4.78, 5) is 11.7. The van der Waals surface area contributed by atoms with E-state index in [0.717, 1.165) is 5.56 Å². The number of rotatable bonds is 4. The maximum atomic E-state index is 11.7. The molecule has 0 aromatic heterocycles. The lowest BCUT2D eigenvalue weighted by molar-refractivity contribution is 0.155. The van der Waals surface area contributed by atoms with Crippen LogP contribution in [0.5, 0.6) is 0 Å². The van der Waals surface area contributed by atoms with Crippen LogP contribution in [0, 0.1) is 6.92 Å². The second-order valence-corrected chi connectivity index (χ2v) is 6.24. The first-order valence-corrected chi connectivity index (χ1v) is 8.02. The maximum absolute atomic E-state index is 11.7. The van der Waals surface area contributed by atoms with Gasteiger partial charge < -0.3 is 4.74 Å². The topological polar surface area (TPSA) is 98.5 Å². The van der Waals surface area contributed by atoms with Crippen LogP contribution in [0.4, 0.5) is 10.5 Å². The van der Waals surface area contributed by atoms with Gasteiger partial charge in [0.05, 0.1) is 4.90 Å². The Labute approximate surface area is 129 Å². The van der Waals surface area contributed by atoms with E-state index in [1.54, 1.807) is 6.92 Å². The lowest BCUT2D eigenvalue weighted by atomic mass is 10.2. The first kappa shape index (κ1) is 16.0. The summed E-state index contributed by atoms with van der Waals surface area (Å²) in [5.41, 5.74) is 1.75. The van der Waals surface area contributed by atoms with Crippen LogP contribution in [0.3, 0.4) is 0 Å². The molecule has 0 saturated carbocycles. The minimum Gasteiger partial charge on any atom is -0.444 e. The largest absolute Gasteiger partial charge is 0.444 e. The quantitative estimate of drug-likeness (QED) is 0.903. The number of hydrogen-bond acceptors (Lipinski definition) is 4. The molecule has 2 rings (SSSR count). The second-order valence-electron chi connectivity index (χ2n) is 4.71. The van der Waals surface area contributed by atoms with Crippen molar-refractivity contribution >= 4 is 21.8 Å². The first-order valence-electron chi connectivity index (χ1n) is 6.47. The summed E-state index contributed by atoms with van der Waals surface area (Å²) < 4.78 is 27.7. The predicted octanol–water partition coefficient (Wildman–Crippen LogP) is 2.39. The number of anilines is 1. The molecule has 0 fully saturated rings. The lowest BCUT2D eigenvalue weighted by Gasteiger charge is -2.09. The Balaban J connectivity index is 1.99. The molecule has 2 aromatic rings. The van der Waals surface area contributed by atoms with Gasteiger partial charge in [0.1, 0.15) is 6.61 Å². The molecule has 0 bridgehead atoms. The summed E-state index contributed by atoms with van der Waals surface area (Å²) in [6.07, 6.45) is -0.619.